The Labute approximate surface area is 201 Å². The zero-order valence-corrected chi connectivity index (χ0v) is 20.3. The summed E-state index contributed by atoms with van der Waals surface area (Å²) in [6.45, 7) is 6.05. The second-order valence-electron chi connectivity index (χ2n) is 8.87. The standard InChI is InChI=1S/C25H26N4O4S/c1-25(2,3)33-24(30)27(4)18-10-9-17-12-14-28(21(17)15-18)16-19-22(11-13-26-19)34-23-8-6-5-7-20(23)29(31)32/h5-15,26H,16H2,1-4H3. The molecule has 0 atom stereocenters. The van der Waals surface area contributed by atoms with Crippen LogP contribution in [0, 0.1) is 10.1 Å². The van der Waals surface area contributed by atoms with Gasteiger partial charge in [0.1, 0.15) is 5.60 Å². The van der Waals surface area contributed by atoms with E-state index in [0.717, 1.165) is 27.2 Å². The van der Waals surface area contributed by atoms with Crippen LogP contribution in [0.25, 0.3) is 10.9 Å². The van der Waals surface area contributed by atoms with Gasteiger partial charge in [-0.1, -0.05) is 30.0 Å². The van der Waals surface area contributed by atoms with Crippen LogP contribution in [0.15, 0.2) is 76.8 Å². The van der Waals surface area contributed by atoms with Crippen LogP contribution in [0.3, 0.4) is 0 Å². The molecule has 2 aromatic carbocycles. The van der Waals surface area contributed by atoms with Crippen molar-refractivity contribution in [1.29, 1.82) is 0 Å². The molecule has 4 rings (SSSR count). The van der Waals surface area contributed by atoms with E-state index in [0.29, 0.717) is 11.4 Å². The van der Waals surface area contributed by atoms with Crippen molar-refractivity contribution in [3.8, 4) is 0 Å². The fourth-order valence-electron chi connectivity index (χ4n) is 3.55. The molecule has 0 spiro atoms. The van der Waals surface area contributed by atoms with Gasteiger partial charge in [-0.15, -0.1) is 0 Å². The third-order valence-electron chi connectivity index (χ3n) is 5.21. The number of carbonyl (C=O) groups is 1. The number of nitro benzene ring substituents is 1. The normalized spacial score (nSPS) is 11.5. The van der Waals surface area contributed by atoms with E-state index in [1.807, 2.05) is 63.5 Å². The second-order valence-corrected chi connectivity index (χ2v) is 9.96. The van der Waals surface area contributed by atoms with Crippen LogP contribution >= 0.6 is 11.8 Å². The molecule has 0 bridgehead atoms. The van der Waals surface area contributed by atoms with Gasteiger partial charge in [-0.25, -0.2) is 4.79 Å². The quantitative estimate of drug-likeness (QED) is 0.254. The van der Waals surface area contributed by atoms with Gasteiger partial charge in [-0.3, -0.25) is 15.0 Å². The second kappa shape index (κ2) is 9.26. The van der Waals surface area contributed by atoms with Crippen molar-refractivity contribution in [2.24, 2.45) is 0 Å². The van der Waals surface area contributed by atoms with E-state index in [1.165, 1.54) is 22.7 Å². The predicted molar refractivity (Wildman–Crippen MR) is 134 cm³/mol. The Kier molecular flexibility index (Phi) is 6.39. The van der Waals surface area contributed by atoms with E-state index < -0.39 is 11.7 Å². The van der Waals surface area contributed by atoms with Crippen LogP contribution in [0.5, 0.6) is 0 Å². The zero-order valence-electron chi connectivity index (χ0n) is 19.4. The van der Waals surface area contributed by atoms with E-state index >= 15 is 0 Å². The molecule has 0 unspecified atom stereocenters. The SMILES string of the molecule is CN(C(=O)OC(C)(C)C)c1ccc2ccn(Cc3[nH]ccc3Sc3ccccc3[N+](=O)[O-])c2c1. The van der Waals surface area contributed by atoms with Gasteiger partial charge in [0.15, 0.2) is 0 Å². The molecule has 176 valence electrons. The summed E-state index contributed by atoms with van der Waals surface area (Å²) in [6, 6.07) is 16.5. The van der Waals surface area contributed by atoms with Gasteiger partial charge >= 0.3 is 6.09 Å². The van der Waals surface area contributed by atoms with Crippen molar-refractivity contribution in [1.82, 2.24) is 9.55 Å². The van der Waals surface area contributed by atoms with Crippen molar-refractivity contribution < 1.29 is 14.5 Å². The number of nitrogens with zero attached hydrogens (tertiary/aromatic N) is 3. The molecule has 2 aromatic heterocycles. The lowest BCUT2D eigenvalue weighted by Crippen LogP contribution is -2.34. The molecule has 0 radical (unpaired) electrons. The average molecular weight is 479 g/mol. The van der Waals surface area contributed by atoms with Crippen molar-refractivity contribution in [2.75, 3.05) is 11.9 Å². The molecule has 0 aliphatic rings. The number of fused-ring (bicyclic) bond motifs is 1. The number of carbonyl (C=O) groups excluding carboxylic acids is 1. The zero-order chi connectivity index (χ0) is 24.5. The first kappa shape index (κ1) is 23.4. The van der Waals surface area contributed by atoms with Gasteiger partial charge < -0.3 is 14.3 Å². The number of nitro groups is 1. The summed E-state index contributed by atoms with van der Waals surface area (Å²) in [6.07, 6.45) is 3.40. The molecule has 0 aliphatic heterocycles. The molecule has 0 saturated heterocycles. The van der Waals surface area contributed by atoms with Crippen LogP contribution in [-0.4, -0.2) is 33.2 Å². The summed E-state index contributed by atoms with van der Waals surface area (Å²) >= 11 is 1.36. The molecule has 1 amide bonds. The Balaban J connectivity index is 1.60. The third kappa shape index (κ3) is 5.09. The first-order valence-corrected chi connectivity index (χ1v) is 11.6. The fraction of sp³-hybridized carbons (Fsp3) is 0.240. The van der Waals surface area contributed by atoms with Crippen molar-refractivity contribution in [3.05, 3.63) is 82.8 Å². The molecular formula is C25H26N4O4S. The topological polar surface area (TPSA) is 93.4 Å². The van der Waals surface area contributed by atoms with Gasteiger partial charge in [-0.2, -0.15) is 0 Å². The molecule has 0 fully saturated rings. The molecule has 1 N–H and O–H groups in total. The maximum atomic E-state index is 12.5. The Morgan fingerprint density at radius 2 is 1.91 bits per heavy atom. The fourth-order valence-corrected chi connectivity index (χ4v) is 4.56. The number of aromatic amines is 1. The highest BCUT2D eigenvalue weighted by Crippen LogP contribution is 2.36. The molecule has 9 heteroatoms. The third-order valence-corrected chi connectivity index (χ3v) is 6.38. The summed E-state index contributed by atoms with van der Waals surface area (Å²) < 4.78 is 7.57. The van der Waals surface area contributed by atoms with Crippen LogP contribution in [0.2, 0.25) is 0 Å². The molecule has 0 aliphatic carbocycles. The number of benzene rings is 2. The lowest BCUT2D eigenvalue weighted by Gasteiger charge is -2.24. The summed E-state index contributed by atoms with van der Waals surface area (Å²) in [4.78, 5) is 29.8. The van der Waals surface area contributed by atoms with E-state index in [2.05, 4.69) is 9.55 Å². The summed E-state index contributed by atoms with van der Waals surface area (Å²) in [5.74, 6) is 0. The number of ether oxygens (including phenoxy) is 1. The van der Waals surface area contributed by atoms with E-state index in [4.69, 9.17) is 4.74 Å². The lowest BCUT2D eigenvalue weighted by molar-refractivity contribution is -0.387. The molecule has 2 heterocycles. The highest BCUT2D eigenvalue weighted by atomic mass is 32.2. The maximum absolute atomic E-state index is 12.5. The van der Waals surface area contributed by atoms with Gasteiger partial charge in [0.2, 0.25) is 0 Å². The number of rotatable bonds is 6. The summed E-state index contributed by atoms with van der Waals surface area (Å²) in [5, 5.41) is 12.4. The van der Waals surface area contributed by atoms with E-state index in [1.54, 1.807) is 25.2 Å². The van der Waals surface area contributed by atoms with Crippen LogP contribution in [0.4, 0.5) is 16.2 Å². The number of amides is 1. The van der Waals surface area contributed by atoms with Gasteiger partial charge in [0.25, 0.3) is 5.69 Å². The van der Waals surface area contributed by atoms with Crippen LogP contribution in [0.1, 0.15) is 26.5 Å². The Morgan fingerprint density at radius 1 is 1.15 bits per heavy atom. The average Bonchev–Trinajstić information content (AvgIpc) is 3.39. The lowest BCUT2D eigenvalue weighted by atomic mass is 10.2. The van der Waals surface area contributed by atoms with E-state index in [9.17, 15) is 14.9 Å². The van der Waals surface area contributed by atoms with Crippen molar-refractivity contribution in [2.45, 2.75) is 42.7 Å². The molecule has 0 saturated carbocycles. The summed E-state index contributed by atoms with van der Waals surface area (Å²) in [5.41, 5.74) is 2.13. The first-order chi connectivity index (χ1) is 16.1. The number of anilines is 1. The van der Waals surface area contributed by atoms with Crippen molar-refractivity contribution >= 4 is 40.1 Å². The number of H-pyrrole nitrogens is 1. The molecular weight excluding hydrogens is 452 g/mol. The monoisotopic (exact) mass is 478 g/mol. The van der Waals surface area contributed by atoms with E-state index in [-0.39, 0.29) is 10.6 Å². The molecule has 4 aromatic rings. The minimum Gasteiger partial charge on any atom is -0.443 e. The Morgan fingerprint density at radius 3 is 2.65 bits per heavy atom. The first-order valence-electron chi connectivity index (χ1n) is 10.8. The minimum absolute atomic E-state index is 0.0842. The number of aromatic nitrogens is 2. The van der Waals surface area contributed by atoms with Crippen molar-refractivity contribution in [3.63, 3.8) is 0 Å². The number of para-hydroxylation sites is 1. The van der Waals surface area contributed by atoms with Gasteiger partial charge in [-0.05, 0) is 56.5 Å². The number of hydrogen-bond donors (Lipinski definition) is 1. The van der Waals surface area contributed by atoms with Crippen LogP contribution < -0.4 is 4.90 Å². The largest absolute Gasteiger partial charge is 0.443 e. The number of nitrogens with one attached hydrogen (secondary N) is 1. The minimum atomic E-state index is -0.578. The highest BCUT2D eigenvalue weighted by molar-refractivity contribution is 7.99. The molecule has 8 nitrogen and oxygen atoms in total. The summed E-state index contributed by atoms with van der Waals surface area (Å²) in [7, 11) is 1.69. The smallest absolute Gasteiger partial charge is 0.414 e. The molecule has 34 heavy (non-hydrogen) atoms. The number of hydrogen-bond acceptors (Lipinski definition) is 5. The Hall–Kier alpha value is -3.72. The highest BCUT2D eigenvalue weighted by Gasteiger charge is 2.21. The maximum Gasteiger partial charge on any atom is 0.414 e. The van der Waals surface area contributed by atoms with Crippen LogP contribution in [-0.2, 0) is 11.3 Å². The van der Waals surface area contributed by atoms with Gasteiger partial charge in [0, 0.05) is 41.8 Å². The Bertz CT molecular complexity index is 1350. The predicted octanol–water partition coefficient (Wildman–Crippen LogP) is 6.45. The van der Waals surface area contributed by atoms with Gasteiger partial charge in [0.05, 0.1) is 21.9 Å².